The van der Waals surface area contributed by atoms with Crippen LogP contribution >= 0.6 is 0 Å². The predicted molar refractivity (Wildman–Crippen MR) is 76.0 cm³/mol. The molecule has 0 fully saturated rings. The summed E-state index contributed by atoms with van der Waals surface area (Å²) in [5.74, 6) is 0. The topological polar surface area (TPSA) is 12.4 Å². The van der Waals surface area contributed by atoms with Crippen LogP contribution in [-0.2, 0) is 0 Å². The summed E-state index contributed by atoms with van der Waals surface area (Å²) < 4.78 is 0. The molecule has 0 unspecified atom stereocenters. The van der Waals surface area contributed by atoms with Gasteiger partial charge in [-0.2, -0.15) is 0 Å². The summed E-state index contributed by atoms with van der Waals surface area (Å²) in [4.78, 5) is 4.54. The highest BCUT2D eigenvalue weighted by atomic mass is 14.8. The Morgan fingerprint density at radius 2 is 1.53 bits per heavy atom. The van der Waals surface area contributed by atoms with Crippen LogP contribution in [-0.4, -0.2) is 12.3 Å². The van der Waals surface area contributed by atoms with Crippen LogP contribution < -0.4 is 0 Å². The second-order valence-electron chi connectivity index (χ2n) is 5.12. The molecular weight excluding hydrogens is 206 g/mol. The number of hydrogen-bond acceptors (Lipinski definition) is 1. The van der Waals surface area contributed by atoms with Gasteiger partial charge in [-0.05, 0) is 80.5 Å². The van der Waals surface area contributed by atoms with Crippen molar-refractivity contribution < 1.29 is 0 Å². The number of hydrogen-bond donors (Lipinski definition) is 0. The molecule has 1 nitrogen and oxygen atoms in total. The molecular formula is C16H21N. The van der Waals surface area contributed by atoms with Gasteiger partial charge in [-0.3, -0.25) is 4.99 Å². The smallest absolute Gasteiger partial charge is 0.0652 e. The lowest BCUT2D eigenvalue weighted by atomic mass is 9.89. The van der Waals surface area contributed by atoms with E-state index in [1.165, 1.54) is 44.7 Å². The highest BCUT2D eigenvalue weighted by Gasteiger charge is 2.17. The summed E-state index contributed by atoms with van der Waals surface area (Å²) in [6.45, 7) is 14.0. The zero-order valence-electron chi connectivity index (χ0n) is 11.7. The fourth-order valence-corrected chi connectivity index (χ4v) is 2.47. The van der Waals surface area contributed by atoms with E-state index in [1.54, 1.807) is 0 Å². The maximum absolute atomic E-state index is 4.54. The molecule has 1 heterocycles. The van der Waals surface area contributed by atoms with E-state index in [2.05, 4.69) is 52.6 Å². The average molecular weight is 227 g/mol. The lowest BCUT2D eigenvalue weighted by Gasteiger charge is -2.15. The van der Waals surface area contributed by atoms with E-state index in [0.717, 1.165) is 6.54 Å². The molecule has 1 aromatic carbocycles. The molecule has 17 heavy (non-hydrogen) atoms. The predicted octanol–water partition coefficient (Wildman–Crippen LogP) is 4.17. The normalized spacial score (nSPS) is 15.5. The molecule has 1 aromatic rings. The summed E-state index contributed by atoms with van der Waals surface area (Å²) in [7, 11) is 0. The van der Waals surface area contributed by atoms with Crippen molar-refractivity contribution in [2.24, 2.45) is 4.99 Å². The Labute approximate surface area is 104 Å². The Kier molecular flexibility index (Phi) is 2.94. The Morgan fingerprint density at radius 1 is 0.882 bits per heavy atom. The van der Waals surface area contributed by atoms with Gasteiger partial charge in [0.15, 0.2) is 0 Å². The van der Waals surface area contributed by atoms with Crippen LogP contribution in [0.2, 0.25) is 0 Å². The third-order valence-corrected chi connectivity index (χ3v) is 4.28. The average Bonchev–Trinajstić information content (AvgIpc) is 2.62. The van der Waals surface area contributed by atoms with Crippen LogP contribution in [0, 0.1) is 27.7 Å². The Morgan fingerprint density at radius 3 is 2.06 bits per heavy atom. The summed E-state index contributed by atoms with van der Waals surface area (Å²) in [5, 5.41) is 0. The number of allylic oxidation sites excluding steroid dienone is 1. The number of aryl methyl sites for hydroxylation is 1. The monoisotopic (exact) mass is 227 g/mol. The van der Waals surface area contributed by atoms with Crippen LogP contribution in [0.5, 0.6) is 0 Å². The molecule has 0 spiro atoms. The van der Waals surface area contributed by atoms with E-state index in [0.29, 0.717) is 0 Å². The minimum atomic E-state index is 0.848. The Hall–Kier alpha value is -1.37. The number of nitrogens with zero attached hydrogens (tertiary/aromatic N) is 1. The second-order valence-corrected chi connectivity index (χ2v) is 5.12. The summed E-state index contributed by atoms with van der Waals surface area (Å²) in [6, 6.07) is 2.32. The third kappa shape index (κ3) is 1.84. The summed E-state index contributed by atoms with van der Waals surface area (Å²) in [5.41, 5.74) is 11.0. The first-order valence-electron chi connectivity index (χ1n) is 6.22. The molecule has 0 amide bonds. The van der Waals surface area contributed by atoms with E-state index < -0.39 is 0 Å². The van der Waals surface area contributed by atoms with Crippen LogP contribution in [0.25, 0.3) is 5.57 Å². The third-order valence-electron chi connectivity index (χ3n) is 4.28. The SMILES string of the molecule is CC1=NCC(c2cc(C)c(C)c(C)c2C)=C1C. The fourth-order valence-electron chi connectivity index (χ4n) is 2.47. The van der Waals surface area contributed by atoms with Crippen molar-refractivity contribution in [2.75, 3.05) is 6.54 Å². The van der Waals surface area contributed by atoms with Crippen molar-refractivity contribution in [2.45, 2.75) is 41.5 Å². The van der Waals surface area contributed by atoms with Gasteiger partial charge in [0.2, 0.25) is 0 Å². The lowest BCUT2D eigenvalue weighted by molar-refractivity contribution is 1.18. The quantitative estimate of drug-likeness (QED) is 0.683. The van der Waals surface area contributed by atoms with E-state index in [-0.39, 0.29) is 0 Å². The molecule has 90 valence electrons. The molecule has 0 saturated carbocycles. The lowest BCUT2D eigenvalue weighted by Crippen LogP contribution is -2.00. The van der Waals surface area contributed by atoms with Gasteiger partial charge in [-0.25, -0.2) is 0 Å². The number of aliphatic imine (C=N–C) groups is 1. The van der Waals surface area contributed by atoms with Gasteiger partial charge in [0, 0.05) is 5.71 Å². The van der Waals surface area contributed by atoms with Crippen molar-refractivity contribution in [1.82, 2.24) is 0 Å². The van der Waals surface area contributed by atoms with Gasteiger partial charge in [0.05, 0.1) is 6.54 Å². The minimum absolute atomic E-state index is 0.848. The molecule has 0 N–H and O–H groups in total. The zero-order valence-corrected chi connectivity index (χ0v) is 11.7. The molecule has 1 aliphatic heterocycles. The maximum Gasteiger partial charge on any atom is 0.0652 e. The zero-order chi connectivity index (χ0) is 12.7. The summed E-state index contributed by atoms with van der Waals surface area (Å²) in [6.07, 6.45) is 0. The number of benzene rings is 1. The molecule has 1 heteroatoms. The summed E-state index contributed by atoms with van der Waals surface area (Å²) >= 11 is 0. The molecule has 0 radical (unpaired) electrons. The number of rotatable bonds is 1. The van der Waals surface area contributed by atoms with Crippen molar-refractivity contribution in [3.05, 3.63) is 39.5 Å². The van der Waals surface area contributed by atoms with Crippen molar-refractivity contribution >= 4 is 11.3 Å². The highest BCUT2D eigenvalue weighted by Crippen LogP contribution is 2.31. The van der Waals surface area contributed by atoms with Crippen molar-refractivity contribution in [3.63, 3.8) is 0 Å². The Bertz CT molecular complexity index is 545. The van der Waals surface area contributed by atoms with Gasteiger partial charge >= 0.3 is 0 Å². The van der Waals surface area contributed by atoms with Crippen LogP contribution in [0.4, 0.5) is 0 Å². The first-order valence-corrected chi connectivity index (χ1v) is 6.22. The Balaban J connectivity index is 2.63. The maximum atomic E-state index is 4.54. The van der Waals surface area contributed by atoms with Crippen molar-refractivity contribution in [1.29, 1.82) is 0 Å². The molecule has 0 bridgehead atoms. The van der Waals surface area contributed by atoms with Gasteiger partial charge in [0.25, 0.3) is 0 Å². The van der Waals surface area contributed by atoms with Gasteiger partial charge < -0.3 is 0 Å². The van der Waals surface area contributed by atoms with Gasteiger partial charge in [-0.1, -0.05) is 6.07 Å². The fraction of sp³-hybridized carbons (Fsp3) is 0.438. The van der Waals surface area contributed by atoms with E-state index in [9.17, 15) is 0 Å². The minimum Gasteiger partial charge on any atom is -0.285 e. The van der Waals surface area contributed by atoms with Crippen LogP contribution in [0.1, 0.15) is 41.7 Å². The largest absolute Gasteiger partial charge is 0.285 e. The molecule has 2 rings (SSSR count). The van der Waals surface area contributed by atoms with Crippen LogP contribution in [0.3, 0.4) is 0 Å². The molecule has 0 aromatic heterocycles. The van der Waals surface area contributed by atoms with Gasteiger partial charge in [-0.15, -0.1) is 0 Å². The van der Waals surface area contributed by atoms with E-state index in [1.807, 2.05) is 0 Å². The molecule has 0 aliphatic carbocycles. The van der Waals surface area contributed by atoms with E-state index >= 15 is 0 Å². The molecule has 1 aliphatic rings. The van der Waals surface area contributed by atoms with E-state index in [4.69, 9.17) is 0 Å². The first kappa shape index (κ1) is 12.1. The standard InChI is InChI=1S/C16H21N/c1-9-7-15(12(4)11(3)10(9)2)16-8-17-14(6)13(16)5/h7H,8H2,1-6H3. The van der Waals surface area contributed by atoms with Gasteiger partial charge in [0.1, 0.15) is 0 Å². The molecule has 0 atom stereocenters. The highest BCUT2D eigenvalue weighted by molar-refractivity contribution is 6.08. The molecule has 0 saturated heterocycles. The van der Waals surface area contributed by atoms with Crippen molar-refractivity contribution in [3.8, 4) is 0 Å². The second kappa shape index (κ2) is 4.14. The van der Waals surface area contributed by atoms with Crippen LogP contribution in [0.15, 0.2) is 16.6 Å². The first-order chi connectivity index (χ1) is 7.93.